The molecule has 8 nitrogen and oxygen atoms in total. The lowest BCUT2D eigenvalue weighted by molar-refractivity contribution is -0.117. The van der Waals surface area contributed by atoms with E-state index in [0.717, 1.165) is 11.3 Å². The maximum atomic E-state index is 12.4. The largest absolute Gasteiger partial charge is 0.324 e. The molecule has 0 aliphatic carbocycles. The Morgan fingerprint density at radius 1 is 1.11 bits per heavy atom. The monoisotopic (exact) mass is 445 g/mol. The van der Waals surface area contributed by atoms with Gasteiger partial charge in [0.2, 0.25) is 15.9 Å². The maximum absolute atomic E-state index is 12.4. The zero-order chi connectivity index (χ0) is 20.9. The van der Waals surface area contributed by atoms with E-state index in [0.29, 0.717) is 23.4 Å². The molecule has 0 fully saturated rings. The van der Waals surface area contributed by atoms with Crippen molar-refractivity contribution in [2.45, 2.75) is 37.4 Å². The van der Waals surface area contributed by atoms with Crippen molar-refractivity contribution in [3.05, 3.63) is 41.3 Å². The van der Waals surface area contributed by atoms with E-state index in [2.05, 4.69) is 14.8 Å². The quantitative estimate of drug-likeness (QED) is 0.547. The molecule has 2 aromatic rings. The molecule has 2 rings (SSSR count). The van der Waals surface area contributed by atoms with Crippen LogP contribution >= 0.6 is 11.3 Å². The average molecular weight is 446 g/mol. The number of benzene rings is 1. The Morgan fingerprint density at radius 2 is 1.79 bits per heavy atom. The Kier molecular flexibility index (Phi) is 7.21. The Balaban J connectivity index is 2.12. The number of anilines is 2. The fourth-order valence-corrected chi connectivity index (χ4v) is 5.78. The van der Waals surface area contributed by atoms with E-state index in [-0.39, 0.29) is 9.96 Å². The highest BCUT2D eigenvalue weighted by atomic mass is 32.2. The molecule has 0 spiro atoms. The van der Waals surface area contributed by atoms with Gasteiger partial charge in [0.1, 0.15) is 4.21 Å². The number of amides is 1. The third-order valence-corrected chi connectivity index (χ3v) is 8.23. The van der Waals surface area contributed by atoms with Crippen LogP contribution in [0, 0.1) is 6.92 Å². The second kappa shape index (κ2) is 9.03. The van der Waals surface area contributed by atoms with Gasteiger partial charge in [0.05, 0.1) is 17.5 Å². The Bertz CT molecular complexity index is 1030. The van der Waals surface area contributed by atoms with Crippen molar-refractivity contribution in [3.8, 4) is 0 Å². The molecule has 1 aromatic heterocycles. The number of rotatable bonds is 9. The van der Waals surface area contributed by atoms with Crippen LogP contribution in [0.2, 0.25) is 0 Å². The molecule has 1 amide bonds. The molecule has 154 valence electrons. The Hall–Kier alpha value is -1.95. The highest BCUT2D eigenvalue weighted by Crippen LogP contribution is 2.25. The number of hydrogen-bond acceptors (Lipinski definition) is 6. The number of nitrogens with one attached hydrogen (secondary N) is 3. The number of sulfonamides is 2. The molecule has 3 N–H and O–H groups in total. The minimum Gasteiger partial charge on any atom is -0.324 e. The highest BCUT2D eigenvalue weighted by Gasteiger charge is 2.23. The van der Waals surface area contributed by atoms with Crippen LogP contribution in [-0.2, 0) is 24.8 Å². The van der Waals surface area contributed by atoms with Crippen LogP contribution in [0.3, 0.4) is 0 Å². The Morgan fingerprint density at radius 3 is 2.39 bits per heavy atom. The summed E-state index contributed by atoms with van der Waals surface area (Å²) < 4.78 is 53.4. The van der Waals surface area contributed by atoms with Crippen LogP contribution < -0.4 is 14.8 Å². The number of thiophene rings is 1. The molecule has 0 radical (unpaired) electrons. The van der Waals surface area contributed by atoms with Gasteiger partial charge in [-0.1, -0.05) is 19.1 Å². The van der Waals surface area contributed by atoms with Gasteiger partial charge in [0, 0.05) is 5.69 Å². The summed E-state index contributed by atoms with van der Waals surface area (Å²) in [5.41, 5.74) is 1.28. The molecule has 1 atom stereocenters. The zero-order valence-electron chi connectivity index (χ0n) is 15.7. The Labute approximate surface area is 169 Å². The zero-order valence-corrected chi connectivity index (χ0v) is 18.2. The van der Waals surface area contributed by atoms with Crippen molar-refractivity contribution in [2.75, 3.05) is 15.8 Å². The van der Waals surface area contributed by atoms with Crippen molar-refractivity contribution in [2.24, 2.45) is 0 Å². The molecule has 1 unspecified atom stereocenters. The van der Waals surface area contributed by atoms with Gasteiger partial charge in [-0.2, -0.15) is 4.72 Å². The minimum atomic E-state index is -3.79. The number of carbonyl (C=O) groups excluding carboxylic acids is 1. The lowest BCUT2D eigenvalue weighted by atomic mass is 10.1. The second-order valence-electron chi connectivity index (χ2n) is 6.16. The van der Waals surface area contributed by atoms with E-state index in [9.17, 15) is 21.6 Å². The average Bonchev–Trinajstić information content (AvgIpc) is 3.13. The summed E-state index contributed by atoms with van der Waals surface area (Å²) in [6.45, 7) is 4.87. The summed E-state index contributed by atoms with van der Waals surface area (Å²) in [6, 6.07) is 6.86. The summed E-state index contributed by atoms with van der Waals surface area (Å²) in [6.07, 6.45) is 0.479. The van der Waals surface area contributed by atoms with E-state index < -0.39 is 32.0 Å². The van der Waals surface area contributed by atoms with Gasteiger partial charge in [-0.3, -0.25) is 9.52 Å². The first kappa shape index (κ1) is 22.3. The SMILES string of the molecule is CCCS(=O)(=O)Nc1cccc(NC(=O)C(C)NS(=O)(=O)c2cccs2)c1C. The van der Waals surface area contributed by atoms with Crippen LogP contribution in [0.4, 0.5) is 11.4 Å². The van der Waals surface area contributed by atoms with Crippen LogP contribution in [0.15, 0.2) is 39.9 Å². The van der Waals surface area contributed by atoms with Crippen molar-refractivity contribution in [1.29, 1.82) is 0 Å². The summed E-state index contributed by atoms with van der Waals surface area (Å²) >= 11 is 1.05. The molecule has 28 heavy (non-hydrogen) atoms. The van der Waals surface area contributed by atoms with Crippen molar-refractivity contribution in [1.82, 2.24) is 4.72 Å². The van der Waals surface area contributed by atoms with Crippen LogP contribution in [-0.4, -0.2) is 34.5 Å². The summed E-state index contributed by atoms with van der Waals surface area (Å²) in [5, 5.41) is 4.27. The molecule has 1 aromatic carbocycles. The maximum Gasteiger partial charge on any atom is 0.250 e. The molecule has 0 aliphatic heterocycles. The fourth-order valence-electron chi connectivity index (χ4n) is 2.37. The normalized spacial score (nSPS) is 13.1. The van der Waals surface area contributed by atoms with Gasteiger partial charge >= 0.3 is 0 Å². The lowest BCUT2D eigenvalue weighted by Gasteiger charge is -2.17. The van der Waals surface area contributed by atoms with E-state index in [1.807, 2.05) is 0 Å². The molecular formula is C17H23N3O5S3. The van der Waals surface area contributed by atoms with Crippen molar-refractivity contribution in [3.63, 3.8) is 0 Å². The molecule has 1 heterocycles. The summed E-state index contributed by atoms with van der Waals surface area (Å²) in [4.78, 5) is 12.4. The third-order valence-electron chi connectivity index (χ3n) is 3.82. The number of hydrogen-bond donors (Lipinski definition) is 3. The first-order valence-electron chi connectivity index (χ1n) is 8.52. The van der Waals surface area contributed by atoms with E-state index in [4.69, 9.17) is 0 Å². The van der Waals surface area contributed by atoms with Gasteiger partial charge < -0.3 is 5.32 Å². The summed E-state index contributed by atoms with van der Waals surface area (Å²) in [5.74, 6) is -0.568. The van der Waals surface area contributed by atoms with Crippen molar-refractivity contribution >= 4 is 48.7 Å². The van der Waals surface area contributed by atoms with E-state index in [1.165, 1.54) is 13.0 Å². The predicted molar refractivity (Wildman–Crippen MR) is 112 cm³/mol. The molecular weight excluding hydrogens is 422 g/mol. The highest BCUT2D eigenvalue weighted by molar-refractivity contribution is 7.92. The van der Waals surface area contributed by atoms with Crippen LogP contribution in [0.5, 0.6) is 0 Å². The van der Waals surface area contributed by atoms with E-state index >= 15 is 0 Å². The molecule has 0 saturated carbocycles. The fraction of sp³-hybridized carbons (Fsp3) is 0.353. The van der Waals surface area contributed by atoms with E-state index in [1.54, 1.807) is 43.5 Å². The number of carbonyl (C=O) groups is 1. The second-order valence-corrected chi connectivity index (χ2v) is 10.9. The van der Waals surface area contributed by atoms with Gasteiger partial charge in [-0.25, -0.2) is 16.8 Å². The molecule has 11 heteroatoms. The molecule has 0 bridgehead atoms. The van der Waals surface area contributed by atoms with Crippen LogP contribution in [0.25, 0.3) is 0 Å². The minimum absolute atomic E-state index is 0.00936. The lowest BCUT2D eigenvalue weighted by Crippen LogP contribution is -2.41. The molecule has 0 saturated heterocycles. The smallest absolute Gasteiger partial charge is 0.250 e. The van der Waals surface area contributed by atoms with Crippen molar-refractivity contribution < 1.29 is 21.6 Å². The first-order valence-corrected chi connectivity index (χ1v) is 12.5. The first-order chi connectivity index (χ1) is 13.1. The van der Waals surface area contributed by atoms with Gasteiger partial charge in [0.15, 0.2) is 0 Å². The van der Waals surface area contributed by atoms with Gasteiger partial charge in [-0.15, -0.1) is 11.3 Å². The molecule has 0 aliphatic rings. The standard InChI is InChI=1S/C17H23N3O5S3/c1-4-11-27(22,23)20-15-8-5-7-14(12(15)2)18-17(21)13(3)19-28(24,25)16-9-6-10-26-16/h5-10,13,19-20H,4,11H2,1-3H3,(H,18,21). The summed E-state index contributed by atoms with van der Waals surface area (Å²) in [7, 11) is -7.26. The predicted octanol–water partition coefficient (Wildman–Crippen LogP) is 2.51. The van der Waals surface area contributed by atoms with Crippen LogP contribution in [0.1, 0.15) is 25.8 Å². The topological polar surface area (TPSA) is 121 Å². The third kappa shape index (κ3) is 5.77. The van der Waals surface area contributed by atoms with Gasteiger partial charge in [0.25, 0.3) is 10.0 Å². The van der Waals surface area contributed by atoms with Gasteiger partial charge in [-0.05, 0) is 49.4 Å².